The van der Waals surface area contributed by atoms with E-state index in [0.29, 0.717) is 5.02 Å². The van der Waals surface area contributed by atoms with Crippen LogP contribution in [0.15, 0.2) is 42.6 Å². The molecule has 8 nitrogen and oxygen atoms in total. The lowest BCUT2D eigenvalue weighted by atomic mass is 10.2. The highest BCUT2D eigenvalue weighted by molar-refractivity contribution is 6.35. The third-order valence-electron chi connectivity index (χ3n) is 3.48. The smallest absolute Gasteiger partial charge is 0.277 e. The molecule has 11 heteroatoms. The van der Waals surface area contributed by atoms with Gasteiger partial charge in [0.05, 0.1) is 26.7 Å². The Morgan fingerprint density at radius 3 is 2.54 bits per heavy atom. The number of halogens is 3. The number of hydrogen-bond donors (Lipinski definition) is 1. The summed E-state index contributed by atoms with van der Waals surface area (Å²) in [4.78, 5) is 23.0. The number of non-ortho nitro benzene ring substituents is 1. The monoisotopic (exact) mass is 440 g/mol. The molecule has 3 rings (SSSR count). The van der Waals surface area contributed by atoms with Gasteiger partial charge < -0.3 is 10.1 Å². The van der Waals surface area contributed by atoms with Crippen molar-refractivity contribution in [1.82, 2.24) is 9.78 Å². The van der Waals surface area contributed by atoms with Crippen LogP contribution in [-0.2, 0) is 7.05 Å². The van der Waals surface area contributed by atoms with E-state index >= 15 is 0 Å². The fourth-order valence-corrected chi connectivity index (χ4v) is 3.02. The first-order chi connectivity index (χ1) is 13.2. The highest BCUT2D eigenvalue weighted by Crippen LogP contribution is 2.34. The summed E-state index contributed by atoms with van der Waals surface area (Å²) in [5.41, 5.74) is -0.176. The molecule has 0 aliphatic carbocycles. The number of aromatic nitrogens is 2. The number of nitrogens with zero attached hydrogens (tertiary/aromatic N) is 3. The first-order valence-corrected chi connectivity index (χ1v) is 8.79. The third kappa shape index (κ3) is 4.53. The zero-order chi connectivity index (χ0) is 20.4. The van der Waals surface area contributed by atoms with Gasteiger partial charge in [0.2, 0.25) is 0 Å². The average Bonchev–Trinajstić information content (AvgIpc) is 2.95. The van der Waals surface area contributed by atoms with Crippen molar-refractivity contribution in [3.05, 3.63) is 73.5 Å². The number of amides is 1. The van der Waals surface area contributed by atoms with Crippen LogP contribution < -0.4 is 10.1 Å². The summed E-state index contributed by atoms with van der Waals surface area (Å²) in [6, 6.07) is 8.36. The normalized spacial score (nSPS) is 10.6. The summed E-state index contributed by atoms with van der Waals surface area (Å²) < 4.78 is 7.00. The Morgan fingerprint density at radius 2 is 1.93 bits per heavy atom. The van der Waals surface area contributed by atoms with E-state index < -0.39 is 10.8 Å². The van der Waals surface area contributed by atoms with Gasteiger partial charge in [-0.05, 0) is 18.2 Å². The van der Waals surface area contributed by atoms with Crippen LogP contribution in [0, 0.1) is 10.1 Å². The Balaban J connectivity index is 1.92. The molecule has 144 valence electrons. The van der Waals surface area contributed by atoms with Crippen molar-refractivity contribution in [2.75, 3.05) is 5.32 Å². The van der Waals surface area contributed by atoms with Crippen LogP contribution in [0.5, 0.6) is 11.5 Å². The van der Waals surface area contributed by atoms with Crippen molar-refractivity contribution in [2.45, 2.75) is 0 Å². The van der Waals surface area contributed by atoms with Crippen molar-refractivity contribution in [3.63, 3.8) is 0 Å². The molecule has 2 aromatic carbocycles. The second-order valence-electron chi connectivity index (χ2n) is 5.60. The van der Waals surface area contributed by atoms with E-state index in [1.54, 1.807) is 13.1 Å². The van der Waals surface area contributed by atoms with Crippen LogP contribution in [0.3, 0.4) is 0 Å². The molecule has 0 aliphatic rings. The molecule has 0 radical (unpaired) electrons. The van der Waals surface area contributed by atoms with E-state index in [1.807, 2.05) is 0 Å². The Kier molecular flexibility index (Phi) is 5.73. The van der Waals surface area contributed by atoms with Crippen LogP contribution >= 0.6 is 34.8 Å². The van der Waals surface area contributed by atoms with Crippen LogP contribution in [0.1, 0.15) is 10.5 Å². The Labute approximate surface area is 173 Å². The van der Waals surface area contributed by atoms with Gasteiger partial charge >= 0.3 is 0 Å². The number of carbonyl (C=O) groups excluding carboxylic acids is 1. The van der Waals surface area contributed by atoms with Gasteiger partial charge in [-0.15, -0.1) is 0 Å². The van der Waals surface area contributed by atoms with E-state index in [9.17, 15) is 14.9 Å². The molecule has 1 amide bonds. The van der Waals surface area contributed by atoms with E-state index in [4.69, 9.17) is 39.5 Å². The van der Waals surface area contributed by atoms with E-state index in [2.05, 4.69) is 10.4 Å². The van der Waals surface area contributed by atoms with Crippen LogP contribution in [0.25, 0.3) is 0 Å². The SMILES string of the molecule is Cn1cc(Cl)c(C(=O)Nc2cc(Oc3ccc(Cl)cc3Cl)cc([N+](=O)[O-])c2)n1. The number of anilines is 1. The summed E-state index contributed by atoms with van der Waals surface area (Å²) in [5, 5.41) is 18.5. The molecule has 1 N–H and O–H groups in total. The van der Waals surface area contributed by atoms with Crippen LogP contribution in [0.4, 0.5) is 11.4 Å². The highest BCUT2D eigenvalue weighted by atomic mass is 35.5. The second-order valence-corrected chi connectivity index (χ2v) is 6.85. The number of carbonyl (C=O) groups is 1. The number of nitro groups is 1. The topological polar surface area (TPSA) is 99.3 Å². The van der Waals surface area contributed by atoms with E-state index in [1.165, 1.54) is 41.2 Å². The zero-order valence-electron chi connectivity index (χ0n) is 14.1. The van der Waals surface area contributed by atoms with Gasteiger partial charge in [-0.2, -0.15) is 5.10 Å². The minimum Gasteiger partial charge on any atom is -0.455 e. The molecule has 0 saturated heterocycles. The number of hydrogen-bond acceptors (Lipinski definition) is 5. The number of nitrogens with one attached hydrogen (secondary N) is 1. The standard InChI is InChI=1S/C17H11Cl3N4O4/c1-23-8-14(20)16(22-23)17(25)21-10-5-11(24(26)27)7-12(6-10)28-15-3-2-9(18)4-13(15)19/h2-8H,1H3,(H,21,25). The van der Waals surface area contributed by atoms with E-state index in [0.717, 1.165) is 0 Å². The van der Waals surface area contributed by atoms with Crippen molar-refractivity contribution in [2.24, 2.45) is 7.05 Å². The van der Waals surface area contributed by atoms with Crippen molar-refractivity contribution in [1.29, 1.82) is 0 Å². The molecule has 0 aliphatic heterocycles. The van der Waals surface area contributed by atoms with Gasteiger partial charge in [0.25, 0.3) is 11.6 Å². The number of rotatable bonds is 5. The Morgan fingerprint density at radius 1 is 1.18 bits per heavy atom. The summed E-state index contributed by atoms with van der Waals surface area (Å²) in [6.45, 7) is 0. The fourth-order valence-electron chi connectivity index (χ4n) is 2.31. The first-order valence-electron chi connectivity index (χ1n) is 7.66. The van der Waals surface area contributed by atoms with Gasteiger partial charge in [0.15, 0.2) is 5.69 Å². The molecule has 0 fully saturated rings. The predicted octanol–water partition coefficient (Wildman–Crippen LogP) is 5.33. The molecular formula is C17H11Cl3N4O4. The minimum absolute atomic E-state index is 0.0149. The quantitative estimate of drug-likeness (QED) is 0.426. The molecule has 0 saturated carbocycles. The molecule has 0 spiro atoms. The average molecular weight is 442 g/mol. The predicted molar refractivity (Wildman–Crippen MR) is 106 cm³/mol. The highest BCUT2D eigenvalue weighted by Gasteiger charge is 2.18. The van der Waals surface area contributed by atoms with Crippen LogP contribution in [0.2, 0.25) is 15.1 Å². The lowest BCUT2D eigenvalue weighted by Gasteiger charge is -2.10. The summed E-state index contributed by atoms with van der Waals surface area (Å²) in [6.07, 6.45) is 1.46. The Hall–Kier alpha value is -2.81. The lowest BCUT2D eigenvalue weighted by Crippen LogP contribution is -2.13. The molecule has 0 atom stereocenters. The van der Waals surface area contributed by atoms with E-state index in [-0.39, 0.29) is 38.6 Å². The maximum absolute atomic E-state index is 12.4. The van der Waals surface area contributed by atoms with Crippen molar-refractivity contribution < 1.29 is 14.5 Å². The second kappa shape index (κ2) is 8.05. The largest absolute Gasteiger partial charge is 0.455 e. The summed E-state index contributed by atoms with van der Waals surface area (Å²) in [7, 11) is 1.61. The number of aryl methyl sites for hydroxylation is 1. The molecule has 3 aromatic rings. The van der Waals surface area contributed by atoms with Gasteiger partial charge in [-0.3, -0.25) is 19.6 Å². The maximum atomic E-state index is 12.4. The lowest BCUT2D eigenvalue weighted by molar-refractivity contribution is -0.384. The zero-order valence-corrected chi connectivity index (χ0v) is 16.4. The number of ether oxygens (including phenoxy) is 1. The van der Waals surface area contributed by atoms with Crippen molar-refractivity contribution >= 4 is 52.1 Å². The van der Waals surface area contributed by atoms with Gasteiger partial charge in [-0.25, -0.2) is 0 Å². The molecular weight excluding hydrogens is 431 g/mol. The molecule has 1 heterocycles. The molecule has 1 aromatic heterocycles. The first kappa shape index (κ1) is 19.9. The van der Waals surface area contributed by atoms with Crippen LogP contribution in [-0.4, -0.2) is 20.6 Å². The Bertz CT molecular complexity index is 1080. The van der Waals surface area contributed by atoms with Crippen molar-refractivity contribution in [3.8, 4) is 11.5 Å². The fraction of sp³-hybridized carbons (Fsp3) is 0.0588. The molecule has 0 bridgehead atoms. The molecule has 28 heavy (non-hydrogen) atoms. The minimum atomic E-state index is -0.624. The number of benzene rings is 2. The summed E-state index contributed by atoms with van der Waals surface area (Å²) in [5.74, 6) is -0.279. The van der Waals surface area contributed by atoms with Gasteiger partial charge in [-0.1, -0.05) is 34.8 Å². The van der Waals surface area contributed by atoms with Gasteiger partial charge in [0.1, 0.15) is 11.5 Å². The molecule has 0 unspecified atom stereocenters. The maximum Gasteiger partial charge on any atom is 0.277 e. The van der Waals surface area contributed by atoms with Gasteiger partial charge in [0, 0.05) is 30.4 Å². The third-order valence-corrected chi connectivity index (χ3v) is 4.29. The summed E-state index contributed by atoms with van der Waals surface area (Å²) >= 11 is 17.9. The number of nitro benzene ring substituents is 1.